The minimum absolute atomic E-state index is 0.127. The van der Waals surface area contributed by atoms with Crippen molar-refractivity contribution < 1.29 is 23.5 Å². The fourth-order valence-corrected chi connectivity index (χ4v) is 2.94. The molecule has 8 heteroatoms. The minimum Gasteiger partial charge on any atom is -0.493 e. The van der Waals surface area contributed by atoms with Gasteiger partial charge in [0.15, 0.2) is 11.5 Å². The van der Waals surface area contributed by atoms with Gasteiger partial charge < -0.3 is 25.0 Å². The summed E-state index contributed by atoms with van der Waals surface area (Å²) >= 11 is 0. The second-order valence-electron chi connectivity index (χ2n) is 6.05. The topological polar surface area (TPSA) is 79.9 Å². The van der Waals surface area contributed by atoms with Crippen LogP contribution in [-0.4, -0.2) is 38.7 Å². The highest BCUT2D eigenvalue weighted by Crippen LogP contribution is 2.29. The van der Waals surface area contributed by atoms with Crippen LogP contribution in [0.15, 0.2) is 42.5 Å². The average Bonchev–Trinajstić information content (AvgIpc) is 3.02. The average molecular weight is 373 g/mol. The molecule has 1 aliphatic rings. The van der Waals surface area contributed by atoms with Crippen LogP contribution in [0.4, 0.5) is 20.6 Å². The maximum atomic E-state index is 13.0. The molecule has 7 nitrogen and oxygen atoms in total. The lowest BCUT2D eigenvalue weighted by Crippen LogP contribution is -2.39. The van der Waals surface area contributed by atoms with Gasteiger partial charge in [0.2, 0.25) is 5.91 Å². The molecule has 0 aromatic heterocycles. The molecule has 1 heterocycles. The molecule has 0 radical (unpaired) electrons. The lowest BCUT2D eigenvalue weighted by atomic mass is 10.2. The van der Waals surface area contributed by atoms with E-state index in [9.17, 15) is 14.0 Å². The Labute approximate surface area is 156 Å². The van der Waals surface area contributed by atoms with Crippen LogP contribution < -0.4 is 25.0 Å². The van der Waals surface area contributed by atoms with Crippen molar-refractivity contribution in [3.63, 3.8) is 0 Å². The first-order valence-electron chi connectivity index (χ1n) is 8.35. The van der Waals surface area contributed by atoms with Crippen molar-refractivity contribution in [2.24, 2.45) is 0 Å². The first kappa shape index (κ1) is 18.5. The lowest BCUT2D eigenvalue weighted by Gasteiger charge is -2.17. The van der Waals surface area contributed by atoms with Crippen molar-refractivity contribution in [3.05, 3.63) is 48.3 Å². The van der Waals surface area contributed by atoms with Crippen LogP contribution in [-0.2, 0) is 4.79 Å². The first-order chi connectivity index (χ1) is 13.0. The van der Waals surface area contributed by atoms with Gasteiger partial charge in [0, 0.05) is 30.4 Å². The highest BCUT2D eigenvalue weighted by Gasteiger charge is 2.31. The van der Waals surface area contributed by atoms with E-state index in [0.29, 0.717) is 29.4 Å². The molecular weight excluding hydrogens is 353 g/mol. The van der Waals surface area contributed by atoms with Gasteiger partial charge in [-0.1, -0.05) is 0 Å². The van der Waals surface area contributed by atoms with Crippen LogP contribution in [0.2, 0.25) is 0 Å². The molecule has 2 aromatic rings. The van der Waals surface area contributed by atoms with Crippen LogP contribution in [0.3, 0.4) is 0 Å². The van der Waals surface area contributed by atoms with Gasteiger partial charge in [-0.15, -0.1) is 0 Å². The summed E-state index contributed by atoms with van der Waals surface area (Å²) in [6.07, 6.45) is 0.177. The van der Waals surface area contributed by atoms with Gasteiger partial charge in [0.25, 0.3) is 0 Å². The van der Waals surface area contributed by atoms with Crippen molar-refractivity contribution in [1.29, 1.82) is 0 Å². The molecule has 0 bridgehead atoms. The fraction of sp³-hybridized carbons (Fsp3) is 0.263. The highest BCUT2D eigenvalue weighted by atomic mass is 19.1. The number of nitrogens with one attached hydrogen (secondary N) is 2. The summed E-state index contributed by atoms with van der Waals surface area (Å²) in [7, 11) is 3.04. The summed E-state index contributed by atoms with van der Waals surface area (Å²) in [6, 6.07) is 9.92. The maximum absolute atomic E-state index is 13.0. The zero-order valence-electron chi connectivity index (χ0n) is 15.0. The molecule has 1 aliphatic heterocycles. The smallest absolute Gasteiger partial charge is 0.319 e. The van der Waals surface area contributed by atoms with E-state index in [1.165, 1.54) is 31.3 Å². The normalized spacial score (nSPS) is 16.2. The molecule has 142 valence electrons. The van der Waals surface area contributed by atoms with Crippen LogP contribution in [0.1, 0.15) is 6.42 Å². The number of carbonyl (C=O) groups is 2. The number of nitrogens with zero attached hydrogens (tertiary/aromatic N) is 1. The largest absolute Gasteiger partial charge is 0.493 e. The van der Waals surface area contributed by atoms with Crippen molar-refractivity contribution in [2.45, 2.75) is 12.5 Å². The van der Waals surface area contributed by atoms with E-state index >= 15 is 0 Å². The van der Waals surface area contributed by atoms with E-state index in [1.54, 1.807) is 30.3 Å². The molecule has 0 saturated carbocycles. The molecule has 0 aliphatic carbocycles. The number of methoxy groups -OCH3 is 2. The minimum atomic E-state index is -0.430. The zero-order valence-corrected chi connectivity index (χ0v) is 15.0. The lowest BCUT2D eigenvalue weighted by molar-refractivity contribution is -0.117. The number of anilines is 2. The molecule has 1 atom stereocenters. The van der Waals surface area contributed by atoms with E-state index in [4.69, 9.17) is 9.47 Å². The number of amides is 3. The van der Waals surface area contributed by atoms with E-state index in [1.807, 2.05) is 0 Å². The summed E-state index contributed by atoms with van der Waals surface area (Å²) in [5.74, 6) is 0.556. The Morgan fingerprint density at radius 2 is 1.81 bits per heavy atom. The molecule has 3 amide bonds. The second kappa shape index (κ2) is 7.94. The number of hydrogen-bond acceptors (Lipinski definition) is 4. The number of hydrogen-bond donors (Lipinski definition) is 2. The summed E-state index contributed by atoms with van der Waals surface area (Å²) in [4.78, 5) is 26.0. The van der Waals surface area contributed by atoms with Crippen LogP contribution in [0.25, 0.3) is 0 Å². The standard InChI is InChI=1S/C19H20FN3O4/c1-26-16-8-5-13(9-17(16)27-2)21-19(25)22-14-10-18(24)23(11-14)15-6-3-12(20)4-7-15/h3-9,14H,10-11H2,1-2H3,(H2,21,22,25)/t14-/m0/s1. The van der Waals surface area contributed by atoms with Gasteiger partial charge in [-0.25, -0.2) is 9.18 Å². The monoisotopic (exact) mass is 373 g/mol. The predicted molar refractivity (Wildman–Crippen MR) is 98.9 cm³/mol. The number of benzene rings is 2. The number of urea groups is 1. The summed E-state index contributed by atoms with van der Waals surface area (Å²) in [5, 5.41) is 5.48. The Morgan fingerprint density at radius 3 is 2.48 bits per heavy atom. The third kappa shape index (κ3) is 4.28. The van der Waals surface area contributed by atoms with Crippen molar-refractivity contribution in [1.82, 2.24) is 5.32 Å². The molecule has 0 spiro atoms. The van der Waals surface area contributed by atoms with E-state index in [0.717, 1.165) is 0 Å². The Bertz CT molecular complexity index is 841. The highest BCUT2D eigenvalue weighted by molar-refractivity contribution is 5.97. The molecular formula is C19H20FN3O4. The number of ether oxygens (including phenoxy) is 2. The van der Waals surface area contributed by atoms with Crippen molar-refractivity contribution in [2.75, 3.05) is 31.0 Å². The van der Waals surface area contributed by atoms with E-state index in [-0.39, 0.29) is 24.2 Å². The van der Waals surface area contributed by atoms with Crippen LogP contribution in [0.5, 0.6) is 11.5 Å². The van der Waals surface area contributed by atoms with Crippen LogP contribution >= 0.6 is 0 Å². The van der Waals surface area contributed by atoms with Gasteiger partial charge >= 0.3 is 6.03 Å². The van der Waals surface area contributed by atoms with Crippen molar-refractivity contribution in [3.8, 4) is 11.5 Å². The predicted octanol–water partition coefficient (Wildman–Crippen LogP) is 2.77. The Hall–Kier alpha value is -3.29. The summed E-state index contributed by atoms with van der Waals surface area (Å²) in [5.41, 5.74) is 1.14. The van der Waals surface area contributed by atoms with Gasteiger partial charge in [-0.2, -0.15) is 0 Å². The third-order valence-corrected chi connectivity index (χ3v) is 4.24. The van der Waals surface area contributed by atoms with Gasteiger partial charge in [-0.05, 0) is 36.4 Å². The Balaban J connectivity index is 1.60. The van der Waals surface area contributed by atoms with Crippen molar-refractivity contribution >= 4 is 23.3 Å². The van der Waals surface area contributed by atoms with Crippen LogP contribution in [0, 0.1) is 5.82 Å². The second-order valence-corrected chi connectivity index (χ2v) is 6.05. The van der Waals surface area contributed by atoms with Gasteiger partial charge in [0.1, 0.15) is 5.82 Å². The Kier molecular flexibility index (Phi) is 5.44. The molecule has 2 aromatic carbocycles. The Morgan fingerprint density at radius 1 is 1.11 bits per heavy atom. The number of rotatable bonds is 5. The third-order valence-electron chi connectivity index (χ3n) is 4.24. The quantitative estimate of drug-likeness (QED) is 0.845. The maximum Gasteiger partial charge on any atom is 0.319 e. The summed E-state index contributed by atoms with van der Waals surface area (Å²) < 4.78 is 23.4. The molecule has 1 fully saturated rings. The van der Waals surface area contributed by atoms with E-state index in [2.05, 4.69) is 10.6 Å². The zero-order chi connectivity index (χ0) is 19.4. The molecule has 1 saturated heterocycles. The van der Waals surface area contributed by atoms with E-state index < -0.39 is 6.03 Å². The molecule has 3 rings (SSSR count). The summed E-state index contributed by atoms with van der Waals surface area (Å²) in [6.45, 7) is 0.323. The van der Waals surface area contributed by atoms with Gasteiger partial charge in [-0.3, -0.25) is 4.79 Å². The number of halogens is 1. The molecule has 27 heavy (non-hydrogen) atoms. The molecule has 0 unspecified atom stereocenters. The van der Waals surface area contributed by atoms with Gasteiger partial charge in [0.05, 0.1) is 20.3 Å². The fourth-order valence-electron chi connectivity index (χ4n) is 2.94. The SMILES string of the molecule is COc1ccc(NC(=O)N[C@H]2CC(=O)N(c3ccc(F)cc3)C2)cc1OC. The first-order valence-corrected chi connectivity index (χ1v) is 8.35. The number of carbonyl (C=O) groups excluding carboxylic acids is 2. The molecule has 2 N–H and O–H groups in total.